The van der Waals surface area contributed by atoms with Crippen LogP contribution in [0.2, 0.25) is 0 Å². The number of amides is 1. The predicted molar refractivity (Wildman–Crippen MR) is 111 cm³/mol. The summed E-state index contributed by atoms with van der Waals surface area (Å²) in [6.45, 7) is 1.94. The summed E-state index contributed by atoms with van der Waals surface area (Å²) >= 11 is 0. The topological polar surface area (TPSA) is 107 Å². The highest BCUT2D eigenvalue weighted by Crippen LogP contribution is 2.55. The summed E-state index contributed by atoms with van der Waals surface area (Å²) in [6, 6.07) is 4.60. The van der Waals surface area contributed by atoms with Crippen molar-refractivity contribution in [1.82, 2.24) is 4.98 Å². The van der Waals surface area contributed by atoms with E-state index in [2.05, 4.69) is 10.3 Å². The molecule has 3 rings (SSSR count). The number of hydrogen-bond donors (Lipinski definition) is 3. The Bertz CT molecular complexity index is 1050. The van der Waals surface area contributed by atoms with Crippen molar-refractivity contribution in [3.63, 3.8) is 0 Å². The van der Waals surface area contributed by atoms with Gasteiger partial charge in [0.25, 0.3) is 5.91 Å². The number of benzene rings is 1. The van der Waals surface area contributed by atoms with Crippen LogP contribution in [0.25, 0.3) is 0 Å². The molecule has 186 valence electrons. The van der Waals surface area contributed by atoms with Crippen molar-refractivity contribution in [2.75, 3.05) is 19.0 Å². The maximum absolute atomic E-state index is 14.4. The van der Waals surface area contributed by atoms with Crippen molar-refractivity contribution < 1.29 is 41.3 Å². The highest BCUT2D eigenvalue weighted by atomic mass is 19.4. The second kappa shape index (κ2) is 9.43. The molecule has 0 radical (unpaired) electrons. The number of nitrogens with zero attached hydrogens (tertiary/aromatic N) is 1. The quantitative estimate of drug-likeness (QED) is 0.537. The number of rotatable bonds is 6. The fraction of sp³-hybridized carbons (Fsp3) is 0.455. The number of carbonyl (C=O) groups excluding carboxylic acids is 1. The summed E-state index contributed by atoms with van der Waals surface area (Å²) in [4.78, 5) is 17.0. The number of carbonyl (C=O) groups is 1. The molecule has 1 aliphatic rings. The third kappa shape index (κ3) is 4.44. The summed E-state index contributed by atoms with van der Waals surface area (Å²) in [6.07, 6.45) is -6.43. The van der Waals surface area contributed by atoms with Crippen molar-refractivity contribution >= 4 is 11.6 Å². The Balaban J connectivity index is 2.01. The first-order chi connectivity index (χ1) is 15.9. The molecule has 1 saturated heterocycles. The molecule has 1 aliphatic heterocycles. The van der Waals surface area contributed by atoms with Crippen LogP contribution in [0.1, 0.15) is 37.1 Å². The molecule has 2 aromatic rings. The molecular weight excluding hydrogens is 465 g/mol. The molecule has 0 spiro atoms. The van der Waals surface area contributed by atoms with Gasteiger partial charge in [0.05, 0.1) is 24.7 Å². The lowest BCUT2D eigenvalue weighted by Crippen LogP contribution is -2.47. The molecule has 0 unspecified atom stereocenters. The SMILES string of the molecule is COc1c([C@H]2[C@H](C(=O)Nc3ccc([C@@H](O)CN)nc3)O[C@@](C)(C(F)(F)F)[C@H]2C)ccc(F)c1F. The van der Waals surface area contributed by atoms with Crippen LogP contribution in [0.4, 0.5) is 27.6 Å². The fourth-order valence-corrected chi connectivity index (χ4v) is 4.05. The minimum Gasteiger partial charge on any atom is -0.493 e. The molecule has 5 atom stereocenters. The van der Waals surface area contributed by atoms with Gasteiger partial charge in [0.15, 0.2) is 17.2 Å². The molecular formula is C22H24F5N3O4. The summed E-state index contributed by atoms with van der Waals surface area (Å²) in [5.41, 5.74) is 2.82. The van der Waals surface area contributed by atoms with Crippen molar-refractivity contribution in [3.8, 4) is 5.75 Å². The number of alkyl halides is 3. The van der Waals surface area contributed by atoms with Gasteiger partial charge < -0.3 is 25.6 Å². The summed E-state index contributed by atoms with van der Waals surface area (Å²) in [7, 11) is 1.04. The van der Waals surface area contributed by atoms with Crippen molar-refractivity contribution in [2.45, 2.75) is 43.8 Å². The molecule has 0 aliphatic carbocycles. The van der Waals surface area contributed by atoms with Crippen molar-refractivity contribution in [3.05, 3.63) is 53.4 Å². The van der Waals surface area contributed by atoms with E-state index in [4.69, 9.17) is 15.2 Å². The lowest BCUT2D eigenvalue weighted by Gasteiger charge is -2.32. The Morgan fingerprint density at radius 1 is 1.32 bits per heavy atom. The van der Waals surface area contributed by atoms with E-state index in [1.165, 1.54) is 25.3 Å². The number of aliphatic hydroxyl groups excluding tert-OH is 1. The summed E-state index contributed by atoms with van der Waals surface area (Å²) < 4.78 is 80.2. The minimum atomic E-state index is -4.87. The van der Waals surface area contributed by atoms with Crippen LogP contribution in [0.3, 0.4) is 0 Å². The summed E-state index contributed by atoms with van der Waals surface area (Å²) in [5.74, 6) is -6.90. The van der Waals surface area contributed by atoms with Crippen molar-refractivity contribution in [1.29, 1.82) is 0 Å². The normalized spacial score (nSPS) is 25.8. The zero-order valence-corrected chi connectivity index (χ0v) is 18.5. The first-order valence-electron chi connectivity index (χ1n) is 10.3. The second-order valence-electron chi connectivity index (χ2n) is 8.15. The number of methoxy groups -OCH3 is 1. The fourth-order valence-electron chi connectivity index (χ4n) is 4.05. The van der Waals surface area contributed by atoms with Gasteiger partial charge in [-0.1, -0.05) is 13.0 Å². The Morgan fingerprint density at radius 3 is 2.53 bits per heavy atom. The number of nitrogens with two attached hydrogens (primary N) is 1. The smallest absolute Gasteiger partial charge is 0.417 e. The van der Waals surface area contributed by atoms with Crippen LogP contribution in [0.15, 0.2) is 30.5 Å². The molecule has 0 bridgehead atoms. The van der Waals surface area contributed by atoms with Crippen LogP contribution >= 0.6 is 0 Å². The van der Waals surface area contributed by atoms with Gasteiger partial charge in [-0.3, -0.25) is 9.78 Å². The molecule has 1 amide bonds. The third-order valence-electron chi connectivity index (χ3n) is 6.19. The number of aliphatic hydroxyl groups is 1. The van der Waals surface area contributed by atoms with Gasteiger partial charge >= 0.3 is 6.18 Å². The lowest BCUT2D eigenvalue weighted by atomic mass is 9.77. The lowest BCUT2D eigenvalue weighted by molar-refractivity contribution is -0.272. The van der Waals surface area contributed by atoms with Crippen LogP contribution in [0.5, 0.6) is 5.75 Å². The molecule has 1 aromatic carbocycles. The Labute approximate surface area is 192 Å². The van der Waals surface area contributed by atoms with Crippen LogP contribution in [-0.2, 0) is 9.53 Å². The van der Waals surface area contributed by atoms with Gasteiger partial charge in [-0.25, -0.2) is 4.39 Å². The zero-order valence-electron chi connectivity index (χ0n) is 18.5. The van der Waals surface area contributed by atoms with E-state index in [0.717, 1.165) is 26.2 Å². The van der Waals surface area contributed by atoms with Crippen LogP contribution < -0.4 is 15.8 Å². The number of aromatic nitrogens is 1. The van der Waals surface area contributed by atoms with Gasteiger partial charge in [-0.15, -0.1) is 0 Å². The number of nitrogens with one attached hydrogen (secondary N) is 1. The average molecular weight is 489 g/mol. The Morgan fingerprint density at radius 2 is 2.00 bits per heavy atom. The maximum Gasteiger partial charge on any atom is 0.417 e. The Kier molecular flexibility index (Phi) is 7.15. The molecule has 1 fully saturated rings. The number of anilines is 1. The largest absolute Gasteiger partial charge is 0.493 e. The molecule has 1 aromatic heterocycles. The number of pyridine rings is 1. The van der Waals surface area contributed by atoms with E-state index in [0.29, 0.717) is 0 Å². The molecule has 7 nitrogen and oxygen atoms in total. The van der Waals surface area contributed by atoms with Crippen LogP contribution in [-0.4, -0.2) is 47.5 Å². The standard InChI is InChI=1S/C22H24F5N3O4/c1-10-16(12-5-6-13(23)17(24)18(12)33-3)19(34-21(10,2)22(25,26)27)20(32)30-11-4-7-14(29-9-11)15(31)8-28/h4-7,9-10,15-16,19,31H,8,28H2,1-3H3,(H,30,32)/t10-,15-,16-,19+,21+/m0/s1. The Hall–Kier alpha value is -2.83. The summed E-state index contributed by atoms with van der Waals surface area (Å²) in [5, 5.41) is 12.1. The van der Waals surface area contributed by atoms with Gasteiger partial charge in [0.2, 0.25) is 5.82 Å². The minimum absolute atomic E-state index is 0.0831. The van der Waals surface area contributed by atoms with Gasteiger partial charge in [-0.05, 0) is 25.1 Å². The van der Waals surface area contributed by atoms with E-state index >= 15 is 0 Å². The van der Waals surface area contributed by atoms with E-state index < -0.39 is 59.1 Å². The molecule has 2 heterocycles. The first kappa shape index (κ1) is 25.8. The van der Waals surface area contributed by atoms with E-state index in [1.54, 1.807) is 0 Å². The maximum atomic E-state index is 14.4. The molecule has 12 heteroatoms. The van der Waals surface area contributed by atoms with Crippen molar-refractivity contribution in [2.24, 2.45) is 11.7 Å². The average Bonchev–Trinajstić information content (AvgIpc) is 3.07. The second-order valence-corrected chi connectivity index (χ2v) is 8.15. The number of hydrogen-bond acceptors (Lipinski definition) is 6. The highest BCUT2D eigenvalue weighted by molar-refractivity contribution is 5.95. The number of halogens is 5. The van der Waals surface area contributed by atoms with Gasteiger partial charge in [0.1, 0.15) is 12.2 Å². The van der Waals surface area contributed by atoms with E-state index in [-0.39, 0.29) is 23.5 Å². The first-order valence-corrected chi connectivity index (χ1v) is 10.3. The van der Waals surface area contributed by atoms with Crippen LogP contribution in [0, 0.1) is 17.6 Å². The van der Waals surface area contributed by atoms with Gasteiger partial charge in [-0.2, -0.15) is 17.6 Å². The monoisotopic (exact) mass is 489 g/mol. The molecule has 0 saturated carbocycles. The zero-order chi connectivity index (χ0) is 25.4. The highest BCUT2D eigenvalue weighted by Gasteiger charge is 2.65. The molecule has 34 heavy (non-hydrogen) atoms. The molecule has 4 N–H and O–H groups in total. The third-order valence-corrected chi connectivity index (χ3v) is 6.19. The van der Waals surface area contributed by atoms with E-state index in [1.807, 2.05) is 0 Å². The van der Waals surface area contributed by atoms with E-state index in [9.17, 15) is 31.9 Å². The predicted octanol–water partition coefficient (Wildman–Crippen LogP) is 3.44. The van der Waals surface area contributed by atoms with Gasteiger partial charge in [0, 0.05) is 23.9 Å². The number of ether oxygens (including phenoxy) is 2.